The fourth-order valence-corrected chi connectivity index (χ4v) is 2.84. The van der Waals surface area contributed by atoms with Crippen molar-refractivity contribution in [2.75, 3.05) is 7.11 Å². The monoisotopic (exact) mass is 247 g/mol. The molecule has 2 aromatic heterocycles. The van der Waals surface area contributed by atoms with Gasteiger partial charge in [-0.25, -0.2) is 0 Å². The van der Waals surface area contributed by atoms with Crippen molar-refractivity contribution in [2.45, 2.75) is 6.92 Å². The first kappa shape index (κ1) is 10.3. The predicted octanol–water partition coefficient (Wildman–Crippen LogP) is 3.25. The normalized spacial score (nSPS) is 11.2. The first-order valence-electron chi connectivity index (χ1n) is 5.06. The molecule has 0 saturated heterocycles. The minimum Gasteiger partial charge on any atom is -0.493 e. The van der Waals surface area contributed by atoms with Crippen LogP contribution in [0.4, 0.5) is 0 Å². The van der Waals surface area contributed by atoms with Crippen LogP contribution in [0.25, 0.3) is 21.1 Å². The maximum atomic E-state index is 11.4. The number of ketones is 1. The highest BCUT2D eigenvalue weighted by Crippen LogP contribution is 2.37. The van der Waals surface area contributed by atoms with Gasteiger partial charge in [0.1, 0.15) is 0 Å². The van der Waals surface area contributed by atoms with Gasteiger partial charge in [0.15, 0.2) is 11.5 Å². The Morgan fingerprint density at radius 1 is 1.41 bits per heavy atom. The Kier molecular flexibility index (Phi) is 2.16. The SMILES string of the molecule is COc1cc2sc(C(C)=O)cc2c2cnoc12. The van der Waals surface area contributed by atoms with Crippen molar-refractivity contribution in [3.8, 4) is 5.75 Å². The highest BCUT2D eigenvalue weighted by Gasteiger charge is 2.15. The zero-order chi connectivity index (χ0) is 12.0. The van der Waals surface area contributed by atoms with Crippen molar-refractivity contribution >= 4 is 38.2 Å². The lowest BCUT2D eigenvalue weighted by Gasteiger charge is -1.99. The van der Waals surface area contributed by atoms with Crippen LogP contribution in [0.3, 0.4) is 0 Å². The molecule has 0 N–H and O–H groups in total. The van der Waals surface area contributed by atoms with Gasteiger partial charge in [-0.05, 0) is 13.0 Å². The molecular formula is C12H9NO3S. The topological polar surface area (TPSA) is 52.3 Å². The summed E-state index contributed by atoms with van der Waals surface area (Å²) >= 11 is 1.45. The molecule has 2 heterocycles. The lowest BCUT2D eigenvalue weighted by molar-refractivity contribution is 0.102. The van der Waals surface area contributed by atoms with Crippen molar-refractivity contribution in [1.29, 1.82) is 0 Å². The molecule has 0 saturated carbocycles. The number of Topliss-reactive ketones (excluding diaryl/α,β-unsaturated/α-hetero) is 1. The molecule has 5 heteroatoms. The number of carbonyl (C=O) groups excluding carboxylic acids is 1. The Morgan fingerprint density at radius 2 is 2.24 bits per heavy atom. The molecular weight excluding hydrogens is 238 g/mol. The average Bonchev–Trinajstić information content (AvgIpc) is 2.93. The van der Waals surface area contributed by atoms with Gasteiger partial charge >= 0.3 is 0 Å². The van der Waals surface area contributed by atoms with Crippen molar-refractivity contribution in [3.63, 3.8) is 0 Å². The molecule has 0 spiro atoms. The van der Waals surface area contributed by atoms with Gasteiger partial charge in [-0.1, -0.05) is 5.16 Å². The number of hydrogen-bond acceptors (Lipinski definition) is 5. The van der Waals surface area contributed by atoms with E-state index in [1.807, 2.05) is 12.1 Å². The number of hydrogen-bond donors (Lipinski definition) is 0. The van der Waals surface area contributed by atoms with E-state index in [0.717, 1.165) is 20.3 Å². The minimum absolute atomic E-state index is 0.0646. The summed E-state index contributed by atoms with van der Waals surface area (Å²) in [5.41, 5.74) is 0.618. The van der Waals surface area contributed by atoms with Gasteiger partial charge in [0.05, 0.1) is 23.6 Å². The van der Waals surface area contributed by atoms with Crippen LogP contribution in [-0.4, -0.2) is 18.0 Å². The molecule has 4 nitrogen and oxygen atoms in total. The molecule has 0 aliphatic heterocycles. The second-order valence-electron chi connectivity index (χ2n) is 3.73. The zero-order valence-corrected chi connectivity index (χ0v) is 10.1. The molecule has 3 rings (SSSR count). The molecule has 0 atom stereocenters. The van der Waals surface area contributed by atoms with E-state index in [4.69, 9.17) is 9.26 Å². The van der Waals surface area contributed by atoms with E-state index < -0.39 is 0 Å². The van der Waals surface area contributed by atoms with Crippen molar-refractivity contribution in [3.05, 3.63) is 23.2 Å². The highest BCUT2D eigenvalue weighted by atomic mass is 32.1. The van der Waals surface area contributed by atoms with E-state index in [9.17, 15) is 4.79 Å². The van der Waals surface area contributed by atoms with Crippen molar-refractivity contribution in [1.82, 2.24) is 5.16 Å². The summed E-state index contributed by atoms with van der Waals surface area (Å²) in [5.74, 6) is 0.705. The summed E-state index contributed by atoms with van der Waals surface area (Å²) in [6.07, 6.45) is 1.65. The Hall–Kier alpha value is -1.88. The van der Waals surface area contributed by atoms with Gasteiger partial charge in [-0.2, -0.15) is 0 Å². The molecule has 17 heavy (non-hydrogen) atoms. The van der Waals surface area contributed by atoms with Crippen LogP contribution < -0.4 is 4.74 Å². The number of carbonyl (C=O) groups is 1. The number of methoxy groups -OCH3 is 1. The van der Waals surface area contributed by atoms with Gasteiger partial charge in [0, 0.05) is 16.2 Å². The third kappa shape index (κ3) is 1.43. The van der Waals surface area contributed by atoms with Crippen LogP contribution >= 0.6 is 11.3 Å². The summed E-state index contributed by atoms with van der Waals surface area (Å²) in [6.45, 7) is 1.56. The predicted molar refractivity (Wildman–Crippen MR) is 65.9 cm³/mol. The molecule has 0 unspecified atom stereocenters. The number of fused-ring (bicyclic) bond motifs is 3. The van der Waals surface area contributed by atoms with Gasteiger partial charge in [-0.3, -0.25) is 4.79 Å². The smallest absolute Gasteiger partial charge is 0.209 e. The van der Waals surface area contributed by atoms with E-state index in [-0.39, 0.29) is 5.78 Å². The molecule has 0 radical (unpaired) electrons. The van der Waals surface area contributed by atoms with Crippen LogP contribution in [0.1, 0.15) is 16.6 Å². The van der Waals surface area contributed by atoms with E-state index in [0.29, 0.717) is 11.3 Å². The summed E-state index contributed by atoms with van der Waals surface area (Å²) in [7, 11) is 1.59. The second-order valence-corrected chi connectivity index (χ2v) is 4.81. The van der Waals surface area contributed by atoms with E-state index in [2.05, 4.69) is 5.16 Å². The summed E-state index contributed by atoms with van der Waals surface area (Å²) in [4.78, 5) is 12.1. The first-order chi connectivity index (χ1) is 8.20. The molecule has 0 aliphatic rings. The van der Waals surface area contributed by atoms with E-state index in [1.54, 1.807) is 20.2 Å². The fraction of sp³-hybridized carbons (Fsp3) is 0.167. The Balaban J connectivity index is 2.45. The van der Waals surface area contributed by atoms with Gasteiger partial charge < -0.3 is 9.26 Å². The van der Waals surface area contributed by atoms with E-state index >= 15 is 0 Å². The average molecular weight is 247 g/mol. The number of ether oxygens (including phenoxy) is 1. The molecule has 1 aromatic carbocycles. The summed E-state index contributed by atoms with van der Waals surface area (Å²) < 4.78 is 11.4. The maximum Gasteiger partial charge on any atom is 0.209 e. The quantitative estimate of drug-likeness (QED) is 0.652. The summed E-state index contributed by atoms with van der Waals surface area (Å²) in [6, 6.07) is 3.75. The fourth-order valence-electron chi connectivity index (χ4n) is 1.84. The second kappa shape index (κ2) is 3.56. The van der Waals surface area contributed by atoms with E-state index in [1.165, 1.54) is 11.3 Å². The maximum absolute atomic E-state index is 11.4. The van der Waals surface area contributed by atoms with Crippen LogP contribution in [0, 0.1) is 0 Å². The number of rotatable bonds is 2. The highest BCUT2D eigenvalue weighted by molar-refractivity contribution is 7.21. The first-order valence-corrected chi connectivity index (χ1v) is 5.88. The number of benzene rings is 1. The molecule has 0 aliphatic carbocycles. The standard InChI is InChI=1S/C12H9NO3S/c1-6(14)10-3-7-8-5-13-16-12(8)9(15-2)4-11(7)17-10/h3-5H,1-2H3. The zero-order valence-electron chi connectivity index (χ0n) is 9.31. The lowest BCUT2D eigenvalue weighted by atomic mass is 10.1. The summed E-state index contributed by atoms with van der Waals surface area (Å²) in [5, 5.41) is 5.64. The Morgan fingerprint density at radius 3 is 2.94 bits per heavy atom. The Bertz CT molecular complexity index is 726. The third-order valence-electron chi connectivity index (χ3n) is 2.67. The van der Waals surface area contributed by atoms with Crippen LogP contribution in [0.5, 0.6) is 5.75 Å². The molecule has 0 amide bonds. The van der Waals surface area contributed by atoms with Crippen molar-refractivity contribution < 1.29 is 14.1 Å². The van der Waals surface area contributed by atoms with Gasteiger partial charge in [-0.15, -0.1) is 11.3 Å². The number of nitrogens with zero attached hydrogens (tertiary/aromatic N) is 1. The Labute approximate surface area is 101 Å². The number of thiophene rings is 1. The van der Waals surface area contributed by atoms with Gasteiger partial charge in [0.25, 0.3) is 0 Å². The molecule has 3 aromatic rings. The number of aromatic nitrogens is 1. The lowest BCUT2D eigenvalue weighted by Crippen LogP contribution is -1.83. The molecule has 86 valence electrons. The van der Waals surface area contributed by atoms with Crippen molar-refractivity contribution in [2.24, 2.45) is 0 Å². The minimum atomic E-state index is 0.0646. The largest absolute Gasteiger partial charge is 0.493 e. The van der Waals surface area contributed by atoms with Crippen LogP contribution in [0.15, 0.2) is 22.9 Å². The van der Waals surface area contributed by atoms with Crippen LogP contribution in [-0.2, 0) is 0 Å². The van der Waals surface area contributed by atoms with Crippen LogP contribution in [0.2, 0.25) is 0 Å². The van der Waals surface area contributed by atoms with Gasteiger partial charge in [0.2, 0.25) is 5.58 Å². The third-order valence-corrected chi connectivity index (χ3v) is 3.86. The molecule has 0 fully saturated rings. The molecule has 0 bridgehead atoms.